The smallest absolute Gasteiger partial charge is 0.339 e. The highest BCUT2D eigenvalue weighted by Gasteiger charge is 2.20. The van der Waals surface area contributed by atoms with Crippen molar-refractivity contribution >= 4 is 16.9 Å². The Morgan fingerprint density at radius 3 is 2.54 bits per heavy atom. The Hall–Kier alpha value is -3.54. The molecule has 0 N–H and O–H groups in total. The molecule has 2 aromatic heterocycles. The standard InChI is InChI=1S/C22H19N3O3/c1-3-18-24-19(28-25-18)13-27-22(26)20-14(2)21(15-9-5-4-6-10-15)23-17-12-8-7-11-16(17)20/h4-12H,3,13H2,1-2H3. The number of nitrogens with zero attached hydrogens (tertiary/aromatic N) is 3. The molecule has 0 radical (unpaired) electrons. The number of hydrogen-bond donors (Lipinski definition) is 0. The molecule has 0 aliphatic rings. The van der Waals surface area contributed by atoms with Gasteiger partial charge in [0.25, 0.3) is 5.89 Å². The number of rotatable bonds is 5. The average Bonchev–Trinajstić information content (AvgIpc) is 3.20. The zero-order chi connectivity index (χ0) is 19.5. The van der Waals surface area contributed by atoms with Gasteiger partial charge < -0.3 is 9.26 Å². The first kappa shape index (κ1) is 17.9. The fourth-order valence-corrected chi connectivity index (χ4v) is 3.14. The van der Waals surface area contributed by atoms with Gasteiger partial charge in [0, 0.05) is 17.4 Å². The first-order valence-electron chi connectivity index (χ1n) is 9.10. The van der Waals surface area contributed by atoms with Crippen LogP contribution < -0.4 is 0 Å². The van der Waals surface area contributed by atoms with Crippen molar-refractivity contribution in [2.45, 2.75) is 26.9 Å². The topological polar surface area (TPSA) is 78.1 Å². The Bertz CT molecular complexity index is 1140. The molecule has 0 aliphatic carbocycles. The van der Waals surface area contributed by atoms with Gasteiger partial charge in [-0.1, -0.05) is 60.6 Å². The molecule has 0 unspecified atom stereocenters. The van der Waals surface area contributed by atoms with E-state index in [-0.39, 0.29) is 12.5 Å². The summed E-state index contributed by atoms with van der Waals surface area (Å²) < 4.78 is 10.6. The molecule has 0 saturated heterocycles. The number of hydrogen-bond acceptors (Lipinski definition) is 6. The summed E-state index contributed by atoms with van der Waals surface area (Å²) in [6, 6.07) is 17.4. The molecular weight excluding hydrogens is 354 g/mol. The molecule has 6 nitrogen and oxygen atoms in total. The van der Waals surface area contributed by atoms with Crippen molar-refractivity contribution in [1.29, 1.82) is 0 Å². The van der Waals surface area contributed by atoms with E-state index in [9.17, 15) is 4.79 Å². The van der Waals surface area contributed by atoms with Crippen molar-refractivity contribution in [3.05, 3.63) is 77.4 Å². The zero-order valence-corrected chi connectivity index (χ0v) is 15.7. The van der Waals surface area contributed by atoms with Crippen LogP contribution in [0.25, 0.3) is 22.2 Å². The first-order valence-corrected chi connectivity index (χ1v) is 9.10. The molecule has 0 amide bonds. The van der Waals surface area contributed by atoms with E-state index in [1.54, 1.807) is 0 Å². The van der Waals surface area contributed by atoms with Gasteiger partial charge in [0.15, 0.2) is 12.4 Å². The van der Waals surface area contributed by atoms with Gasteiger partial charge in [-0.2, -0.15) is 4.98 Å². The molecule has 6 heteroatoms. The summed E-state index contributed by atoms with van der Waals surface area (Å²) in [6.45, 7) is 3.75. The number of carbonyl (C=O) groups is 1. The number of pyridine rings is 1. The van der Waals surface area contributed by atoms with Crippen LogP contribution in [0.4, 0.5) is 0 Å². The third-order valence-electron chi connectivity index (χ3n) is 4.54. The summed E-state index contributed by atoms with van der Waals surface area (Å²) in [6.07, 6.45) is 0.659. The number of esters is 1. The second-order valence-corrected chi connectivity index (χ2v) is 6.38. The monoisotopic (exact) mass is 373 g/mol. The van der Waals surface area contributed by atoms with E-state index in [4.69, 9.17) is 14.2 Å². The highest BCUT2D eigenvalue weighted by molar-refractivity contribution is 6.06. The van der Waals surface area contributed by atoms with Crippen molar-refractivity contribution in [1.82, 2.24) is 15.1 Å². The Balaban J connectivity index is 1.74. The zero-order valence-electron chi connectivity index (χ0n) is 15.7. The van der Waals surface area contributed by atoms with Crippen LogP contribution in [0.1, 0.15) is 34.6 Å². The second-order valence-electron chi connectivity index (χ2n) is 6.38. The Labute approximate surface area is 162 Å². The summed E-state index contributed by atoms with van der Waals surface area (Å²) in [7, 11) is 0. The average molecular weight is 373 g/mol. The molecule has 4 rings (SSSR count). The van der Waals surface area contributed by atoms with Crippen LogP contribution in [-0.2, 0) is 17.8 Å². The van der Waals surface area contributed by atoms with Crippen molar-refractivity contribution < 1.29 is 14.1 Å². The lowest BCUT2D eigenvalue weighted by molar-refractivity contribution is 0.0431. The summed E-state index contributed by atoms with van der Waals surface area (Å²) in [4.78, 5) is 21.9. The number of aryl methyl sites for hydroxylation is 1. The maximum Gasteiger partial charge on any atom is 0.339 e. The third kappa shape index (κ3) is 3.36. The van der Waals surface area contributed by atoms with Gasteiger partial charge in [-0.3, -0.25) is 0 Å². The first-order chi connectivity index (χ1) is 13.7. The lowest BCUT2D eigenvalue weighted by atomic mass is 9.98. The molecule has 0 saturated carbocycles. The number of benzene rings is 2. The highest BCUT2D eigenvalue weighted by Crippen LogP contribution is 2.30. The fraction of sp³-hybridized carbons (Fsp3) is 0.182. The van der Waals surface area contributed by atoms with E-state index in [1.807, 2.05) is 68.4 Å². The summed E-state index contributed by atoms with van der Waals surface area (Å²) >= 11 is 0. The van der Waals surface area contributed by atoms with Gasteiger partial charge in [0.05, 0.1) is 16.8 Å². The number of carbonyl (C=O) groups excluding carboxylic acids is 1. The minimum absolute atomic E-state index is 0.0669. The Kier molecular flexibility index (Phi) is 4.85. The summed E-state index contributed by atoms with van der Waals surface area (Å²) in [5, 5.41) is 4.57. The molecule has 28 heavy (non-hydrogen) atoms. The maximum absolute atomic E-state index is 13.0. The van der Waals surface area contributed by atoms with E-state index < -0.39 is 5.97 Å². The molecule has 140 valence electrons. The molecule has 2 aromatic carbocycles. The van der Waals surface area contributed by atoms with Gasteiger partial charge in [0.1, 0.15) is 0 Å². The molecule has 2 heterocycles. The van der Waals surface area contributed by atoms with Crippen LogP contribution in [0.3, 0.4) is 0 Å². The predicted octanol–water partition coefficient (Wildman–Crippen LogP) is 4.51. The van der Waals surface area contributed by atoms with Crippen molar-refractivity contribution in [3.8, 4) is 11.3 Å². The van der Waals surface area contributed by atoms with E-state index in [2.05, 4.69) is 10.1 Å². The number of aromatic nitrogens is 3. The maximum atomic E-state index is 13.0. The van der Waals surface area contributed by atoms with Crippen LogP contribution in [0.15, 0.2) is 59.1 Å². The van der Waals surface area contributed by atoms with E-state index in [1.165, 1.54) is 0 Å². The van der Waals surface area contributed by atoms with E-state index in [0.717, 1.165) is 27.7 Å². The molecule has 0 fully saturated rings. The van der Waals surface area contributed by atoms with Crippen LogP contribution in [0, 0.1) is 6.92 Å². The predicted molar refractivity (Wildman–Crippen MR) is 105 cm³/mol. The van der Waals surface area contributed by atoms with E-state index >= 15 is 0 Å². The fourth-order valence-electron chi connectivity index (χ4n) is 3.14. The molecule has 0 bridgehead atoms. The van der Waals surface area contributed by atoms with Gasteiger partial charge in [-0.25, -0.2) is 9.78 Å². The van der Waals surface area contributed by atoms with Gasteiger partial charge >= 0.3 is 5.97 Å². The largest absolute Gasteiger partial charge is 0.452 e. The quantitative estimate of drug-likeness (QED) is 0.479. The minimum Gasteiger partial charge on any atom is -0.452 e. The molecule has 0 spiro atoms. The molecule has 0 aliphatic heterocycles. The highest BCUT2D eigenvalue weighted by atomic mass is 16.6. The van der Waals surface area contributed by atoms with Gasteiger partial charge in [-0.05, 0) is 18.6 Å². The van der Waals surface area contributed by atoms with Crippen LogP contribution in [0.2, 0.25) is 0 Å². The normalized spacial score (nSPS) is 10.9. The Morgan fingerprint density at radius 1 is 1.04 bits per heavy atom. The third-order valence-corrected chi connectivity index (χ3v) is 4.54. The number of ether oxygens (including phenoxy) is 1. The lowest BCUT2D eigenvalue weighted by Gasteiger charge is -2.13. The molecular formula is C22H19N3O3. The SMILES string of the molecule is CCc1noc(COC(=O)c2c(C)c(-c3ccccc3)nc3ccccc23)n1. The molecule has 4 aromatic rings. The number of para-hydroxylation sites is 1. The van der Waals surface area contributed by atoms with Crippen molar-refractivity contribution in [2.24, 2.45) is 0 Å². The van der Waals surface area contributed by atoms with Gasteiger partial charge in [-0.15, -0.1) is 0 Å². The second kappa shape index (κ2) is 7.60. The molecule has 0 atom stereocenters. The van der Waals surface area contributed by atoms with Crippen molar-refractivity contribution in [3.63, 3.8) is 0 Å². The van der Waals surface area contributed by atoms with Gasteiger partial charge in [0.2, 0.25) is 0 Å². The number of fused-ring (bicyclic) bond motifs is 1. The van der Waals surface area contributed by atoms with Crippen LogP contribution in [0.5, 0.6) is 0 Å². The minimum atomic E-state index is -0.440. The van der Waals surface area contributed by atoms with Crippen LogP contribution in [-0.4, -0.2) is 21.1 Å². The van der Waals surface area contributed by atoms with Crippen molar-refractivity contribution in [2.75, 3.05) is 0 Å². The van der Waals surface area contributed by atoms with E-state index in [0.29, 0.717) is 17.8 Å². The Morgan fingerprint density at radius 2 is 1.79 bits per heavy atom. The summed E-state index contributed by atoms with van der Waals surface area (Å²) in [5.41, 5.74) is 3.72. The van der Waals surface area contributed by atoms with Crippen LogP contribution >= 0.6 is 0 Å². The summed E-state index contributed by atoms with van der Waals surface area (Å²) in [5.74, 6) is 0.428. The lowest BCUT2D eigenvalue weighted by Crippen LogP contribution is -2.10.